The third kappa shape index (κ3) is 6.75. The summed E-state index contributed by atoms with van der Waals surface area (Å²) in [5.74, 6) is -1.31. The normalized spacial score (nSPS) is 13.6. The van der Waals surface area contributed by atoms with E-state index in [1.165, 1.54) is 0 Å². The number of aliphatic hydroxyl groups excluding tert-OH is 1. The predicted octanol–water partition coefficient (Wildman–Crippen LogP) is 0.983. The molecule has 0 aromatic rings. The molecule has 7 nitrogen and oxygen atoms in total. The van der Waals surface area contributed by atoms with Crippen molar-refractivity contribution in [2.75, 3.05) is 19.8 Å². The molecule has 0 saturated heterocycles. The van der Waals surface area contributed by atoms with Crippen molar-refractivity contribution in [3.63, 3.8) is 0 Å². The van der Waals surface area contributed by atoms with Crippen molar-refractivity contribution in [2.45, 2.75) is 32.7 Å². The summed E-state index contributed by atoms with van der Waals surface area (Å²) < 4.78 is 22.1. The van der Waals surface area contributed by atoms with Gasteiger partial charge in [-0.15, -0.1) is 0 Å². The highest BCUT2D eigenvalue weighted by atomic mass is 31.2. The molecular formula is C9H20NO6P. The first-order valence-corrected chi connectivity index (χ1v) is 7.04. The van der Waals surface area contributed by atoms with Crippen LogP contribution in [0.3, 0.4) is 0 Å². The van der Waals surface area contributed by atoms with E-state index in [4.69, 9.17) is 19.3 Å². The third-order valence-electron chi connectivity index (χ3n) is 1.73. The Morgan fingerprint density at radius 1 is 1.29 bits per heavy atom. The van der Waals surface area contributed by atoms with Crippen molar-refractivity contribution >= 4 is 13.7 Å². The molecular weight excluding hydrogens is 249 g/mol. The highest BCUT2D eigenvalue weighted by Crippen LogP contribution is 2.44. The van der Waals surface area contributed by atoms with Gasteiger partial charge in [-0.2, -0.15) is 0 Å². The first kappa shape index (κ1) is 16.5. The fourth-order valence-electron chi connectivity index (χ4n) is 0.900. The summed E-state index contributed by atoms with van der Waals surface area (Å²) in [6.45, 7) is 3.33. The first-order valence-electron chi connectivity index (χ1n) is 5.49. The van der Waals surface area contributed by atoms with Crippen LogP contribution in [-0.4, -0.2) is 42.0 Å². The Morgan fingerprint density at radius 3 is 2.06 bits per heavy atom. The number of carbonyl (C=O) groups is 1. The number of hydrogen-bond acceptors (Lipinski definition) is 5. The van der Waals surface area contributed by atoms with Crippen LogP contribution in [-0.2, 0) is 18.4 Å². The fourth-order valence-corrected chi connectivity index (χ4v) is 2.54. The van der Waals surface area contributed by atoms with Crippen LogP contribution < -0.4 is 5.09 Å². The number of carboxylic acids is 1. The minimum Gasteiger partial charge on any atom is -0.480 e. The highest BCUT2D eigenvalue weighted by molar-refractivity contribution is 7.51. The lowest BCUT2D eigenvalue weighted by molar-refractivity contribution is -0.140. The predicted molar refractivity (Wildman–Crippen MR) is 61.7 cm³/mol. The van der Waals surface area contributed by atoms with Crippen LogP contribution in [0.1, 0.15) is 26.7 Å². The molecule has 0 amide bonds. The van der Waals surface area contributed by atoms with E-state index in [2.05, 4.69) is 5.09 Å². The van der Waals surface area contributed by atoms with Gasteiger partial charge in [0.1, 0.15) is 6.04 Å². The van der Waals surface area contributed by atoms with Crippen LogP contribution in [0.15, 0.2) is 0 Å². The maximum absolute atomic E-state index is 12.1. The van der Waals surface area contributed by atoms with Crippen molar-refractivity contribution in [1.82, 2.24) is 5.09 Å². The van der Waals surface area contributed by atoms with Gasteiger partial charge in [-0.05, 0) is 12.8 Å². The lowest BCUT2D eigenvalue weighted by Gasteiger charge is -2.21. The van der Waals surface area contributed by atoms with Crippen molar-refractivity contribution in [3.05, 3.63) is 0 Å². The zero-order valence-corrected chi connectivity index (χ0v) is 11.0. The summed E-state index contributed by atoms with van der Waals surface area (Å²) in [5.41, 5.74) is 0. The molecule has 3 N–H and O–H groups in total. The smallest absolute Gasteiger partial charge is 0.406 e. The zero-order valence-electron chi connectivity index (χ0n) is 10.1. The Kier molecular flexibility index (Phi) is 8.37. The molecule has 17 heavy (non-hydrogen) atoms. The average Bonchev–Trinajstić information content (AvgIpc) is 2.31. The Morgan fingerprint density at radius 2 is 1.76 bits per heavy atom. The molecule has 0 fully saturated rings. The number of rotatable bonds is 10. The Balaban J connectivity index is 4.54. The summed E-state index contributed by atoms with van der Waals surface area (Å²) in [7, 11) is -3.67. The second-order valence-corrected chi connectivity index (χ2v) is 5.14. The van der Waals surface area contributed by atoms with Gasteiger partial charge in [0.05, 0.1) is 19.8 Å². The van der Waals surface area contributed by atoms with E-state index in [-0.39, 0.29) is 13.2 Å². The molecule has 1 atom stereocenters. The second kappa shape index (κ2) is 8.60. The third-order valence-corrected chi connectivity index (χ3v) is 3.40. The maximum Gasteiger partial charge on any atom is 0.406 e. The van der Waals surface area contributed by atoms with Crippen molar-refractivity contribution in [3.8, 4) is 0 Å². The van der Waals surface area contributed by atoms with Crippen LogP contribution in [0.4, 0.5) is 0 Å². The van der Waals surface area contributed by atoms with E-state index in [0.717, 1.165) is 0 Å². The molecule has 0 aromatic heterocycles. The summed E-state index contributed by atoms with van der Waals surface area (Å²) in [5, 5.41) is 19.8. The first-order chi connectivity index (χ1) is 7.99. The number of carboxylic acid groups (broad SMARTS) is 1. The molecule has 1 unspecified atom stereocenters. The highest BCUT2D eigenvalue weighted by Gasteiger charge is 2.31. The van der Waals surface area contributed by atoms with Gasteiger partial charge in [-0.3, -0.25) is 13.8 Å². The van der Waals surface area contributed by atoms with Crippen molar-refractivity contribution in [1.29, 1.82) is 0 Å². The SMILES string of the molecule is CCCOP(=O)(NC(CO)C(=O)O)OCCC. The monoisotopic (exact) mass is 269 g/mol. The van der Waals surface area contributed by atoms with Crippen LogP contribution in [0.2, 0.25) is 0 Å². The van der Waals surface area contributed by atoms with Gasteiger partial charge in [0.25, 0.3) is 0 Å². The van der Waals surface area contributed by atoms with Gasteiger partial charge >= 0.3 is 13.7 Å². The van der Waals surface area contributed by atoms with E-state index in [9.17, 15) is 9.36 Å². The molecule has 0 aliphatic rings. The molecule has 0 radical (unpaired) electrons. The summed E-state index contributed by atoms with van der Waals surface area (Å²) in [6.07, 6.45) is 1.25. The Bertz CT molecular complexity index is 260. The van der Waals surface area contributed by atoms with E-state index in [1.807, 2.05) is 13.8 Å². The maximum atomic E-state index is 12.1. The Labute approximate surface area is 101 Å². The standard InChI is InChI=1S/C9H20NO6P/c1-3-5-15-17(14,16-6-4-2)10-8(7-11)9(12)13/h8,11H,3-7H2,1-2H3,(H,10,14)(H,12,13). The Hall–Kier alpha value is -0.460. The molecule has 0 heterocycles. The summed E-state index contributed by atoms with van der Waals surface area (Å²) in [6, 6.07) is -1.37. The van der Waals surface area contributed by atoms with E-state index >= 15 is 0 Å². The lowest BCUT2D eigenvalue weighted by Crippen LogP contribution is -2.38. The van der Waals surface area contributed by atoms with Crippen molar-refractivity contribution < 1.29 is 28.6 Å². The van der Waals surface area contributed by atoms with E-state index in [0.29, 0.717) is 12.8 Å². The molecule has 8 heteroatoms. The number of aliphatic carboxylic acids is 1. The number of nitrogens with one attached hydrogen (secondary N) is 1. The van der Waals surface area contributed by atoms with Gasteiger partial charge in [0, 0.05) is 0 Å². The van der Waals surface area contributed by atoms with Crippen LogP contribution >= 0.6 is 7.75 Å². The minimum atomic E-state index is -3.67. The van der Waals surface area contributed by atoms with Crippen LogP contribution in [0, 0.1) is 0 Å². The molecule has 0 aliphatic heterocycles. The number of aliphatic hydroxyl groups is 1. The topological polar surface area (TPSA) is 105 Å². The fraction of sp³-hybridized carbons (Fsp3) is 0.889. The molecule has 0 spiro atoms. The van der Waals surface area contributed by atoms with Gasteiger partial charge in [-0.1, -0.05) is 13.8 Å². The van der Waals surface area contributed by atoms with Gasteiger partial charge in [0.15, 0.2) is 0 Å². The van der Waals surface area contributed by atoms with Gasteiger partial charge in [-0.25, -0.2) is 9.65 Å². The van der Waals surface area contributed by atoms with Crippen LogP contribution in [0.25, 0.3) is 0 Å². The van der Waals surface area contributed by atoms with E-state index < -0.39 is 26.4 Å². The minimum absolute atomic E-state index is 0.186. The summed E-state index contributed by atoms with van der Waals surface area (Å²) >= 11 is 0. The number of hydrogen-bond donors (Lipinski definition) is 3. The second-order valence-electron chi connectivity index (χ2n) is 3.37. The van der Waals surface area contributed by atoms with Gasteiger partial charge in [0.2, 0.25) is 0 Å². The quantitative estimate of drug-likeness (QED) is 0.508. The molecule has 0 rings (SSSR count). The largest absolute Gasteiger partial charge is 0.480 e. The molecule has 0 bridgehead atoms. The summed E-state index contributed by atoms with van der Waals surface area (Å²) in [4.78, 5) is 10.7. The van der Waals surface area contributed by atoms with Gasteiger partial charge < -0.3 is 10.2 Å². The van der Waals surface area contributed by atoms with Crippen molar-refractivity contribution in [2.24, 2.45) is 0 Å². The van der Waals surface area contributed by atoms with E-state index in [1.54, 1.807) is 0 Å². The molecule has 102 valence electrons. The molecule has 0 aromatic carbocycles. The lowest BCUT2D eigenvalue weighted by atomic mass is 10.3. The zero-order chi connectivity index (χ0) is 13.3. The molecule has 0 aliphatic carbocycles. The van der Waals surface area contributed by atoms with Crippen LogP contribution in [0.5, 0.6) is 0 Å². The molecule has 0 saturated carbocycles. The average molecular weight is 269 g/mol.